The molecule has 3 aliphatic rings. The number of anilines is 2. The summed E-state index contributed by atoms with van der Waals surface area (Å²) in [5.41, 5.74) is 0. The Balaban J connectivity index is 1.38. The Labute approximate surface area is 205 Å². The van der Waals surface area contributed by atoms with Gasteiger partial charge in [-0.25, -0.2) is 4.98 Å². The summed E-state index contributed by atoms with van der Waals surface area (Å²) in [7, 11) is 0. The molecule has 0 saturated carbocycles. The van der Waals surface area contributed by atoms with E-state index in [0.29, 0.717) is 12.1 Å². The predicted octanol–water partition coefficient (Wildman–Crippen LogP) is 3.02. The van der Waals surface area contributed by atoms with Gasteiger partial charge in [-0.3, -0.25) is 9.69 Å². The van der Waals surface area contributed by atoms with Crippen LogP contribution in [-0.4, -0.2) is 78.2 Å². The first-order valence-electron chi connectivity index (χ1n) is 13.7. The van der Waals surface area contributed by atoms with E-state index < -0.39 is 0 Å². The van der Waals surface area contributed by atoms with Crippen LogP contribution in [0.4, 0.5) is 11.8 Å². The minimum Gasteiger partial charge on any atom is -0.356 e. The molecule has 1 aromatic heterocycles. The molecule has 3 fully saturated rings. The fraction of sp³-hybridized carbons (Fsp3) is 0.808. The van der Waals surface area contributed by atoms with Crippen molar-refractivity contribution in [2.45, 2.75) is 89.8 Å². The average Bonchev–Trinajstić information content (AvgIpc) is 3.15. The van der Waals surface area contributed by atoms with E-state index in [1.165, 1.54) is 32.1 Å². The van der Waals surface area contributed by atoms with Gasteiger partial charge in [0.2, 0.25) is 11.9 Å². The van der Waals surface area contributed by atoms with Crippen molar-refractivity contribution >= 4 is 17.7 Å². The zero-order chi connectivity index (χ0) is 23.8. The van der Waals surface area contributed by atoms with Crippen LogP contribution in [0.3, 0.4) is 0 Å². The maximum atomic E-state index is 12.6. The zero-order valence-corrected chi connectivity index (χ0v) is 21.3. The average molecular weight is 472 g/mol. The number of amides is 1. The van der Waals surface area contributed by atoms with Gasteiger partial charge in [-0.05, 0) is 84.5 Å². The number of nitrogens with one attached hydrogen (secondary N) is 3. The number of nitrogens with zero attached hydrogens (tertiary/aromatic N) is 4. The van der Waals surface area contributed by atoms with Gasteiger partial charge in [0.25, 0.3) is 0 Å². The molecule has 0 bridgehead atoms. The summed E-state index contributed by atoms with van der Waals surface area (Å²) in [6, 6.07) is 3.16. The Hall–Kier alpha value is -1.93. The summed E-state index contributed by atoms with van der Waals surface area (Å²) in [4.78, 5) is 27.2. The topological polar surface area (TPSA) is 85.4 Å². The number of likely N-dealkylation sites (tertiary alicyclic amines) is 1. The Morgan fingerprint density at radius 3 is 2.59 bits per heavy atom. The molecule has 1 amide bonds. The third-order valence-electron chi connectivity index (χ3n) is 7.82. The van der Waals surface area contributed by atoms with Crippen molar-refractivity contribution in [3.8, 4) is 0 Å². The Bertz CT molecular complexity index is 759. The first kappa shape index (κ1) is 25.2. The Kier molecular flexibility index (Phi) is 9.39. The summed E-state index contributed by atoms with van der Waals surface area (Å²) >= 11 is 0. The van der Waals surface area contributed by atoms with Crippen LogP contribution in [0.2, 0.25) is 0 Å². The van der Waals surface area contributed by atoms with Crippen molar-refractivity contribution in [2.75, 3.05) is 49.5 Å². The summed E-state index contributed by atoms with van der Waals surface area (Å²) in [5.74, 6) is 2.17. The second kappa shape index (κ2) is 12.7. The molecule has 8 heteroatoms. The number of carbonyl (C=O) groups excluding carboxylic acids is 1. The van der Waals surface area contributed by atoms with Crippen molar-refractivity contribution in [2.24, 2.45) is 5.92 Å². The first-order valence-corrected chi connectivity index (χ1v) is 13.7. The van der Waals surface area contributed by atoms with E-state index in [9.17, 15) is 4.79 Å². The number of piperidine rings is 2. The summed E-state index contributed by atoms with van der Waals surface area (Å²) in [6.07, 6.45) is 12.1. The largest absolute Gasteiger partial charge is 0.356 e. The van der Waals surface area contributed by atoms with Crippen LogP contribution in [0.25, 0.3) is 0 Å². The van der Waals surface area contributed by atoms with Crippen LogP contribution in [0.1, 0.15) is 71.6 Å². The molecule has 1 aromatic rings. The Morgan fingerprint density at radius 2 is 1.85 bits per heavy atom. The van der Waals surface area contributed by atoms with Gasteiger partial charge in [-0.15, -0.1) is 0 Å². The minimum absolute atomic E-state index is 0.165. The van der Waals surface area contributed by atoms with Crippen LogP contribution in [0.5, 0.6) is 0 Å². The van der Waals surface area contributed by atoms with Gasteiger partial charge in [0.05, 0.1) is 0 Å². The smallest absolute Gasteiger partial charge is 0.224 e. The first-order chi connectivity index (χ1) is 16.6. The molecule has 4 heterocycles. The Morgan fingerprint density at radius 1 is 1.09 bits per heavy atom. The summed E-state index contributed by atoms with van der Waals surface area (Å²) in [6.45, 7) is 10.5. The molecule has 4 rings (SSSR count). The highest BCUT2D eigenvalue weighted by atomic mass is 16.1. The third-order valence-corrected chi connectivity index (χ3v) is 7.82. The molecule has 0 aromatic carbocycles. The highest BCUT2D eigenvalue weighted by Gasteiger charge is 2.33. The fourth-order valence-corrected chi connectivity index (χ4v) is 5.89. The minimum atomic E-state index is 0.165. The lowest BCUT2D eigenvalue weighted by molar-refractivity contribution is -0.125. The molecule has 0 radical (unpaired) electrons. The molecule has 3 aliphatic heterocycles. The lowest BCUT2D eigenvalue weighted by Gasteiger charge is -2.44. The molecule has 0 spiro atoms. The van der Waals surface area contributed by atoms with Crippen molar-refractivity contribution in [3.63, 3.8) is 0 Å². The molecular weight excluding hydrogens is 426 g/mol. The standard InChI is InChI=1S/C26H45N7O/c1-20(2)33-19-7-8-22(23(33)11-15-28-25(34)21-9-13-27-14-10-21)30-26-29-16-12-24(31-26)32-17-5-3-4-6-18-32/h12,16,20-23,27H,3-11,13-15,17-19H2,1-2H3,(H,28,34)(H,29,30,31)/t22?,23-/m1/s1. The van der Waals surface area contributed by atoms with Gasteiger partial charge in [0.1, 0.15) is 5.82 Å². The molecule has 190 valence electrons. The van der Waals surface area contributed by atoms with Crippen molar-refractivity contribution in [1.82, 2.24) is 25.5 Å². The zero-order valence-electron chi connectivity index (χ0n) is 21.3. The lowest BCUT2D eigenvalue weighted by atomic mass is 9.92. The number of carbonyl (C=O) groups is 1. The monoisotopic (exact) mass is 471 g/mol. The van der Waals surface area contributed by atoms with Crippen molar-refractivity contribution in [1.29, 1.82) is 0 Å². The van der Waals surface area contributed by atoms with Crippen LogP contribution < -0.4 is 20.9 Å². The van der Waals surface area contributed by atoms with E-state index in [0.717, 1.165) is 76.7 Å². The maximum absolute atomic E-state index is 12.6. The quantitative estimate of drug-likeness (QED) is 0.537. The van der Waals surface area contributed by atoms with Gasteiger partial charge in [0.15, 0.2) is 0 Å². The molecule has 3 saturated heterocycles. The van der Waals surface area contributed by atoms with E-state index in [-0.39, 0.29) is 17.9 Å². The highest BCUT2D eigenvalue weighted by Crippen LogP contribution is 2.26. The van der Waals surface area contributed by atoms with Crippen molar-refractivity contribution < 1.29 is 4.79 Å². The second-order valence-corrected chi connectivity index (χ2v) is 10.5. The molecule has 8 nitrogen and oxygen atoms in total. The number of hydrogen-bond donors (Lipinski definition) is 3. The molecular formula is C26H45N7O. The molecule has 34 heavy (non-hydrogen) atoms. The highest BCUT2D eigenvalue weighted by molar-refractivity contribution is 5.78. The predicted molar refractivity (Wildman–Crippen MR) is 138 cm³/mol. The maximum Gasteiger partial charge on any atom is 0.224 e. The third kappa shape index (κ3) is 6.81. The van der Waals surface area contributed by atoms with Crippen LogP contribution >= 0.6 is 0 Å². The normalized spacial score (nSPS) is 25.2. The number of aromatic nitrogens is 2. The number of hydrogen-bond acceptors (Lipinski definition) is 7. The van der Waals surface area contributed by atoms with Gasteiger partial charge in [0, 0.05) is 49.9 Å². The van der Waals surface area contributed by atoms with Crippen LogP contribution in [0, 0.1) is 5.92 Å². The van der Waals surface area contributed by atoms with E-state index >= 15 is 0 Å². The van der Waals surface area contributed by atoms with Crippen LogP contribution in [-0.2, 0) is 4.79 Å². The van der Waals surface area contributed by atoms with E-state index in [1.807, 2.05) is 12.3 Å². The van der Waals surface area contributed by atoms with E-state index in [1.54, 1.807) is 0 Å². The van der Waals surface area contributed by atoms with Gasteiger partial charge >= 0.3 is 0 Å². The van der Waals surface area contributed by atoms with Crippen LogP contribution in [0.15, 0.2) is 12.3 Å². The molecule has 0 aliphatic carbocycles. The fourth-order valence-electron chi connectivity index (χ4n) is 5.89. The van der Waals surface area contributed by atoms with Crippen molar-refractivity contribution in [3.05, 3.63) is 12.3 Å². The van der Waals surface area contributed by atoms with Gasteiger partial charge < -0.3 is 20.9 Å². The SMILES string of the molecule is CC(C)N1CCCC(Nc2nccc(N3CCCCCC3)n2)[C@H]1CCNC(=O)C1CCNCC1. The summed E-state index contributed by atoms with van der Waals surface area (Å²) in [5, 5.41) is 10.3. The lowest BCUT2D eigenvalue weighted by Crippen LogP contribution is -2.55. The number of rotatable bonds is 8. The van der Waals surface area contributed by atoms with Gasteiger partial charge in [-0.2, -0.15) is 4.98 Å². The van der Waals surface area contributed by atoms with E-state index in [4.69, 9.17) is 4.98 Å². The molecule has 2 atom stereocenters. The van der Waals surface area contributed by atoms with Gasteiger partial charge in [-0.1, -0.05) is 12.8 Å². The second-order valence-electron chi connectivity index (χ2n) is 10.5. The van der Waals surface area contributed by atoms with E-state index in [2.05, 4.69) is 44.6 Å². The summed E-state index contributed by atoms with van der Waals surface area (Å²) < 4.78 is 0. The molecule has 1 unspecified atom stereocenters. The molecule has 3 N–H and O–H groups in total.